The summed E-state index contributed by atoms with van der Waals surface area (Å²) in [7, 11) is 0. The lowest BCUT2D eigenvalue weighted by molar-refractivity contribution is 0.464. The van der Waals surface area contributed by atoms with E-state index in [9.17, 15) is 0 Å². The van der Waals surface area contributed by atoms with Gasteiger partial charge in [-0.25, -0.2) is 0 Å². The summed E-state index contributed by atoms with van der Waals surface area (Å²) in [4.78, 5) is 0. The van der Waals surface area contributed by atoms with Gasteiger partial charge in [-0.1, -0.05) is 0 Å². The number of hydrogen-bond donors (Lipinski definition) is 4. The molecule has 0 amide bonds. The second-order valence-electron chi connectivity index (χ2n) is 6.83. The quantitative estimate of drug-likeness (QED) is 0.311. The monoisotopic (exact) mass is 414 g/mol. The van der Waals surface area contributed by atoms with Crippen LogP contribution in [0, 0.1) is 0 Å². The summed E-state index contributed by atoms with van der Waals surface area (Å²) in [5.74, 6) is 3.87. The number of anilines is 4. The molecule has 156 valence electrons. The van der Waals surface area contributed by atoms with Gasteiger partial charge in [0, 0.05) is 12.1 Å². The van der Waals surface area contributed by atoms with Gasteiger partial charge in [-0.2, -0.15) is 0 Å². The van der Waals surface area contributed by atoms with Crippen molar-refractivity contribution in [2.24, 2.45) is 0 Å². The Hall–Kier alpha value is -4.52. The molecule has 31 heavy (non-hydrogen) atoms. The molecule has 0 saturated heterocycles. The smallest absolute Gasteiger partial charge is 0.129 e. The predicted molar refractivity (Wildman–Crippen MR) is 124 cm³/mol. The fourth-order valence-electron chi connectivity index (χ4n) is 2.79. The van der Waals surface area contributed by atoms with Crippen LogP contribution in [0.15, 0.2) is 84.9 Å². The Morgan fingerprint density at radius 3 is 0.871 bits per heavy atom. The molecule has 8 N–H and O–H groups in total. The van der Waals surface area contributed by atoms with Gasteiger partial charge in [-0.3, -0.25) is 0 Å². The van der Waals surface area contributed by atoms with Gasteiger partial charge in [0.15, 0.2) is 0 Å². The number of rotatable bonds is 6. The summed E-state index contributed by atoms with van der Waals surface area (Å²) in [6.45, 7) is 0. The van der Waals surface area contributed by atoms with E-state index < -0.39 is 0 Å². The Bertz CT molecular complexity index is 1100. The van der Waals surface area contributed by atoms with Crippen LogP contribution in [0.4, 0.5) is 22.7 Å². The minimum atomic E-state index is 0.477. The lowest BCUT2D eigenvalue weighted by Crippen LogP contribution is -1.95. The zero-order chi connectivity index (χ0) is 21.8. The fourth-order valence-corrected chi connectivity index (χ4v) is 2.79. The lowest BCUT2D eigenvalue weighted by atomic mass is 10.2. The van der Waals surface area contributed by atoms with Crippen LogP contribution in [-0.2, 0) is 0 Å². The van der Waals surface area contributed by atoms with E-state index in [4.69, 9.17) is 37.1 Å². The number of nitrogen functional groups attached to an aromatic ring is 4. The molecule has 4 aromatic rings. The van der Waals surface area contributed by atoms with Gasteiger partial charge in [0.05, 0.1) is 22.7 Å². The lowest BCUT2D eigenvalue weighted by Gasteiger charge is -2.10. The number of nitrogens with two attached hydrogens (primary N) is 4. The summed E-state index contributed by atoms with van der Waals surface area (Å²) in [5, 5.41) is 0. The molecule has 0 aromatic heterocycles. The molecule has 0 saturated carbocycles. The van der Waals surface area contributed by atoms with Crippen LogP contribution in [0.1, 0.15) is 0 Å². The first-order valence-electron chi connectivity index (χ1n) is 9.50. The predicted octanol–water partition coefficient (Wildman–Crippen LogP) is 5.39. The molecule has 0 radical (unpaired) electrons. The summed E-state index contributed by atoms with van der Waals surface area (Å²) < 4.78 is 17.4. The summed E-state index contributed by atoms with van der Waals surface area (Å²) in [6.07, 6.45) is 0. The maximum absolute atomic E-state index is 5.87. The second kappa shape index (κ2) is 8.46. The average molecular weight is 414 g/mol. The maximum atomic E-state index is 5.87. The molecule has 0 fully saturated rings. The first-order valence-corrected chi connectivity index (χ1v) is 9.50. The van der Waals surface area contributed by atoms with E-state index >= 15 is 0 Å². The molecule has 0 bridgehead atoms. The molecule has 0 aliphatic carbocycles. The van der Waals surface area contributed by atoms with Crippen molar-refractivity contribution in [3.8, 4) is 34.5 Å². The Labute approximate surface area is 179 Å². The highest BCUT2D eigenvalue weighted by Crippen LogP contribution is 2.31. The van der Waals surface area contributed by atoms with Gasteiger partial charge in [-0.05, 0) is 72.8 Å². The largest absolute Gasteiger partial charge is 0.457 e. The number of hydrogen-bond acceptors (Lipinski definition) is 7. The van der Waals surface area contributed by atoms with Crippen molar-refractivity contribution in [1.82, 2.24) is 0 Å². The molecule has 7 heteroatoms. The minimum Gasteiger partial charge on any atom is -0.457 e. The standard InChI is InChI=1S/C24H22N4O3/c25-21-11-9-19(13-23(21)27)30-17-5-1-15(2-6-17)29-16-3-7-18(8-4-16)31-20-10-12-22(26)24(28)14-20/h1-14H,25-28H2. The van der Waals surface area contributed by atoms with Crippen LogP contribution in [0.25, 0.3) is 0 Å². The van der Waals surface area contributed by atoms with E-state index in [2.05, 4.69) is 0 Å². The Balaban J connectivity index is 1.37. The Morgan fingerprint density at radius 1 is 0.323 bits per heavy atom. The van der Waals surface area contributed by atoms with Crippen LogP contribution in [0.3, 0.4) is 0 Å². The van der Waals surface area contributed by atoms with Crippen molar-refractivity contribution in [3.63, 3.8) is 0 Å². The van der Waals surface area contributed by atoms with Crippen LogP contribution in [0.5, 0.6) is 34.5 Å². The van der Waals surface area contributed by atoms with Crippen LogP contribution in [-0.4, -0.2) is 0 Å². The normalized spacial score (nSPS) is 10.5. The SMILES string of the molecule is Nc1ccc(Oc2ccc(Oc3ccc(Oc4ccc(N)c(N)c4)cc3)cc2)cc1N. The molecule has 0 heterocycles. The molecular weight excluding hydrogens is 392 g/mol. The van der Waals surface area contributed by atoms with Gasteiger partial charge in [0.2, 0.25) is 0 Å². The van der Waals surface area contributed by atoms with Gasteiger partial charge >= 0.3 is 0 Å². The molecule has 0 spiro atoms. The van der Waals surface area contributed by atoms with Crippen molar-refractivity contribution in [3.05, 3.63) is 84.9 Å². The summed E-state index contributed by atoms with van der Waals surface area (Å²) in [6, 6.07) is 24.8. The molecule has 4 aromatic carbocycles. The number of ether oxygens (including phenoxy) is 3. The molecule has 0 aliphatic rings. The van der Waals surface area contributed by atoms with E-state index in [1.54, 1.807) is 36.4 Å². The third-order valence-corrected chi connectivity index (χ3v) is 4.47. The van der Waals surface area contributed by atoms with Crippen LogP contribution < -0.4 is 37.1 Å². The summed E-state index contributed by atoms with van der Waals surface area (Å²) >= 11 is 0. The average Bonchev–Trinajstić information content (AvgIpc) is 2.76. The molecule has 0 atom stereocenters. The van der Waals surface area contributed by atoms with E-state index in [0.717, 1.165) is 0 Å². The zero-order valence-corrected chi connectivity index (χ0v) is 16.6. The third kappa shape index (κ3) is 4.91. The molecule has 0 unspecified atom stereocenters. The molecule has 7 nitrogen and oxygen atoms in total. The van der Waals surface area contributed by atoms with Gasteiger partial charge < -0.3 is 37.1 Å². The molecular formula is C24H22N4O3. The molecule has 4 rings (SSSR count). The van der Waals surface area contributed by atoms with E-state index in [0.29, 0.717) is 57.2 Å². The van der Waals surface area contributed by atoms with Crippen molar-refractivity contribution >= 4 is 22.7 Å². The van der Waals surface area contributed by atoms with Crippen molar-refractivity contribution in [2.75, 3.05) is 22.9 Å². The minimum absolute atomic E-state index is 0.477. The maximum Gasteiger partial charge on any atom is 0.129 e. The highest BCUT2D eigenvalue weighted by atomic mass is 16.5. The Kier molecular flexibility index (Phi) is 5.40. The topological polar surface area (TPSA) is 132 Å². The van der Waals surface area contributed by atoms with Gasteiger partial charge in [0.25, 0.3) is 0 Å². The molecule has 0 aliphatic heterocycles. The summed E-state index contributed by atoms with van der Waals surface area (Å²) in [5.41, 5.74) is 25.0. The highest BCUT2D eigenvalue weighted by Gasteiger charge is 2.04. The first-order chi connectivity index (χ1) is 15.0. The zero-order valence-electron chi connectivity index (χ0n) is 16.6. The van der Waals surface area contributed by atoms with Gasteiger partial charge in [0.1, 0.15) is 34.5 Å². The highest BCUT2D eigenvalue weighted by molar-refractivity contribution is 5.66. The second-order valence-corrected chi connectivity index (χ2v) is 6.83. The van der Waals surface area contributed by atoms with E-state index in [1.807, 2.05) is 48.5 Å². The number of benzene rings is 4. The van der Waals surface area contributed by atoms with Crippen molar-refractivity contribution < 1.29 is 14.2 Å². The van der Waals surface area contributed by atoms with Gasteiger partial charge in [-0.15, -0.1) is 0 Å². The van der Waals surface area contributed by atoms with Crippen LogP contribution in [0.2, 0.25) is 0 Å². The fraction of sp³-hybridized carbons (Fsp3) is 0. The van der Waals surface area contributed by atoms with Crippen molar-refractivity contribution in [2.45, 2.75) is 0 Å². The van der Waals surface area contributed by atoms with Crippen molar-refractivity contribution in [1.29, 1.82) is 0 Å². The Morgan fingerprint density at radius 2 is 0.581 bits per heavy atom. The third-order valence-electron chi connectivity index (χ3n) is 4.47. The van der Waals surface area contributed by atoms with Crippen LogP contribution >= 0.6 is 0 Å². The van der Waals surface area contributed by atoms with E-state index in [-0.39, 0.29) is 0 Å². The van der Waals surface area contributed by atoms with E-state index in [1.165, 1.54) is 0 Å². The first kappa shape index (κ1) is 19.8.